The first-order valence-corrected chi connectivity index (χ1v) is 7.71. The minimum absolute atomic E-state index is 0.334. The molecular weight excluding hydrogens is 260 g/mol. The molecule has 21 heavy (non-hydrogen) atoms. The molecule has 0 amide bonds. The smallest absolute Gasteiger partial charge is 0.191 e. The number of likely N-dealkylation sites (N-methyl/N-ethyl adjacent to an activating group) is 1. The molecule has 1 fully saturated rings. The topological polar surface area (TPSA) is 39.7 Å². The Balaban J connectivity index is 1.94. The molecule has 0 bridgehead atoms. The SMILES string of the molecule is CN=C(NCC(c1ccc(C)cc1)N(C)C)NC1CC1C. The fourth-order valence-corrected chi connectivity index (χ4v) is 2.47. The molecule has 0 saturated heterocycles. The number of nitrogens with zero attached hydrogens (tertiary/aromatic N) is 2. The van der Waals surface area contributed by atoms with Crippen molar-refractivity contribution in [3.63, 3.8) is 0 Å². The minimum atomic E-state index is 0.334. The van der Waals surface area contributed by atoms with E-state index in [1.807, 2.05) is 7.05 Å². The van der Waals surface area contributed by atoms with Crippen molar-refractivity contribution in [2.24, 2.45) is 10.9 Å². The van der Waals surface area contributed by atoms with Crippen LogP contribution in [-0.4, -0.2) is 44.6 Å². The third-order valence-corrected chi connectivity index (χ3v) is 4.20. The number of benzene rings is 1. The van der Waals surface area contributed by atoms with Gasteiger partial charge in [0.15, 0.2) is 5.96 Å². The molecule has 0 radical (unpaired) electrons. The van der Waals surface area contributed by atoms with Crippen molar-refractivity contribution in [3.8, 4) is 0 Å². The van der Waals surface area contributed by atoms with Crippen LogP contribution in [-0.2, 0) is 0 Å². The van der Waals surface area contributed by atoms with Gasteiger partial charge in [0.2, 0.25) is 0 Å². The molecule has 116 valence electrons. The third-order valence-electron chi connectivity index (χ3n) is 4.20. The van der Waals surface area contributed by atoms with Crippen LogP contribution in [0.5, 0.6) is 0 Å². The highest BCUT2D eigenvalue weighted by Gasteiger charge is 2.33. The van der Waals surface area contributed by atoms with Gasteiger partial charge in [-0.25, -0.2) is 0 Å². The molecule has 1 aliphatic rings. The van der Waals surface area contributed by atoms with Gasteiger partial charge in [-0.15, -0.1) is 0 Å². The van der Waals surface area contributed by atoms with Crippen LogP contribution in [0.1, 0.15) is 30.5 Å². The van der Waals surface area contributed by atoms with Gasteiger partial charge >= 0.3 is 0 Å². The lowest BCUT2D eigenvalue weighted by Crippen LogP contribution is -2.42. The first kappa shape index (κ1) is 15.8. The van der Waals surface area contributed by atoms with E-state index in [0.717, 1.165) is 18.4 Å². The van der Waals surface area contributed by atoms with Crippen LogP contribution < -0.4 is 10.6 Å². The summed E-state index contributed by atoms with van der Waals surface area (Å²) in [5.74, 6) is 1.67. The van der Waals surface area contributed by atoms with Gasteiger partial charge in [-0.3, -0.25) is 4.99 Å². The van der Waals surface area contributed by atoms with E-state index in [0.29, 0.717) is 12.1 Å². The molecule has 0 aromatic heterocycles. The monoisotopic (exact) mass is 288 g/mol. The van der Waals surface area contributed by atoms with Gasteiger partial charge in [-0.1, -0.05) is 36.8 Å². The van der Waals surface area contributed by atoms with E-state index in [9.17, 15) is 0 Å². The zero-order valence-corrected chi connectivity index (χ0v) is 13.9. The second-order valence-electron chi connectivity index (χ2n) is 6.31. The van der Waals surface area contributed by atoms with Crippen LogP contribution in [0.15, 0.2) is 29.3 Å². The average Bonchev–Trinajstić information content (AvgIpc) is 3.14. The molecule has 1 aliphatic carbocycles. The van der Waals surface area contributed by atoms with Crippen molar-refractivity contribution in [2.45, 2.75) is 32.4 Å². The number of nitrogens with one attached hydrogen (secondary N) is 2. The van der Waals surface area contributed by atoms with Crippen molar-refractivity contribution < 1.29 is 0 Å². The number of aliphatic imine (C=N–C) groups is 1. The molecule has 2 N–H and O–H groups in total. The highest BCUT2D eigenvalue weighted by atomic mass is 15.2. The molecule has 0 spiro atoms. The molecule has 2 rings (SSSR count). The summed E-state index contributed by atoms with van der Waals surface area (Å²) in [4.78, 5) is 6.56. The van der Waals surface area contributed by atoms with Crippen LogP contribution in [0.2, 0.25) is 0 Å². The van der Waals surface area contributed by atoms with Gasteiger partial charge < -0.3 is 15.5 Å². The number of aryl methyl sites for hydroxylation is 1. The number of hydrogen-bond donors (Lipinski definition) is 2. The number of guanidine groups is 1. The number of hydrogen-bond acceptors (Lipinski definition) is 2. The lowest BCUT2D eigenvalue weighted by molar-refractivity contribution is 0.298. The normalized spacial score (nSPS) is 23.0. The molecule has 4 nitrogen and oxygen atoms in total. The van der Waals surface area contributed by atoms with Gasteiger partial charge in [0.25, 0.3) is 0 Å². The molecule has 0 heterocycles. The standard InChI is InChI=1S/C17H28N4/c1-12-6-8-14(9-7-12)16(21(4)5)11-19-17(18-3)20-15-10-13(15)2/h6-9,13,15-16H,10-11H2,1-5H3,(H2,18,19,20). The maximum atomic E-state index is 4.32. The van der Waals surface area contributed by atoms with Crippen molar-refractivity contribution in [1.29, 1.82) is 0 Å². The molecular formula is C17H28N4. The van der Waals surface area contributed by atoms with Gasteiger partial charge in [0, 0.05) is 19.6 Å². The van der Waals surface area contributed by atoms with Crippen LogP contribution in [0.4, 0.5) is 0 Å². The lowest BCUT2D eigenvalue weighted by Gasteiger charge is -2.26. The van der Waals surface area contributed by atoms with Crippen LogP contribution in [0, 0.1) is 12.8 Å². The van der Waals surface area contributed by atoms with Gasteiger partial charge in [-0.2, -0.15) is 0 Å². The summed E-state index contributed by atoms with van der Waals surface area (Å²) in [6, 6.07) is 9.69. The highest BCUT2D eigenvalue weighted by molar-refractivity contribution is 5.80. The molecule has 3 atom stereocenters. The van der Waals surface area contributed by atoms with Crippen LogP contribution in [0.25, 0.3) is 0 Å². The quantitative estimate of drug-likeness (QED) is 0.644. The van der Waals surface area contributed by atoms with Gasteiger partial charge in [-0.05, 0) is 38.9 Å². The predicted molar refractivity (Wildman–Crippen MR) is 89.7 cm³/mol. The average molecular weight is 288 g/mol. The Hall–Kier alpha value is -1.55. The van der Waals surface area contributed by atoms with Crippen molar-refractivity contribution in [2.75, 3.05) is 27.7 Å². The fourth-order valence-electron chi connectivity index (χ4n) is 2.47. The summed E-state index contributed by atoms with van der Waals surface area (Å²) in [5, 5.41) is 6.92. The molecule has 4 heteroatoms. The van der Waals surface area contributed by atoms with Crippen molar-refractivity contribution in [3.05, 3.63) is 35.4 Å². The van der Waals surface area contributed by atoms with E-state index in [1.54, 1.807) is 0 Å². The second kappa shape index (κ2) is 6.94. The van der Waals surface area contributed by atoms with E-state index in [-0.39, 0.29) is 0 Å². The van der Waals surface area contributed by atoms with E-state index in [4.69, 9.17) is 0 Å². The zero-order valence-electron chi connectivity index (χ0n) is 13.9. The molecule has 1 aromatic carbocycles. The number of rotatable bonds is 5. The molecule has 1 aromatic rings. The summed E-state index contributed by atoms with van der Waals surface area (Å²) < 4.78 is 0. The summed E-state index contributed by atoms with van der Waals surface area (Å²) in [6.07, 6.45) is 1.25. The van der Waals surface area contributed by atoms with Gasteiger partial charge in [0.1, 0.15) is 0 Å². The van der Waals surface area contributed by atoms with E-state index >= 15 is 0 Å². The third kappa shape index (κ3) is 4.46. The first-order chi connectivity index (χ1) is 10.0. The fraction of sp³-hybridized carbons (Fsp3) is 0.588. The molecule has 0 aliphatic heterocycles. The van der Waals surface area contributed by atoms with Crippen molar-refractivity contribution >= 4 is 5.96 Å². The van der Waals surface area contributed by atoms with Crippen LogP contribution >= 0.6 is 0 Å². The Morgan fingerprint density at radius 1 is 1.33 bits per heavy atom. The zero-order chi connectivity index (χ0) is 15.4. The Kier molecular flexibility index (Phi) is 5.23. The van der Waals surface area contributed by atoms with Crippen LogP contribution in [0.3, 0.4) is 0 Å². The van der Waals surface area contributed by atoms with E-state index in [1.165, 1.54) is 17.5 Å². The Morgan fingerprint density at radius 3 is 2.43 bits per heavy atom. The summed E-state index contributed by atoms with van der Waals surface area (Å²) in [6.45, 7) is 5.23. The molecule has 1 saturated carbocycles. The lowest BCUT2D eigenvalue weighted by atomic mass is 10.0. The Labute approximate surface area is 128 Å². The largest absolute Gasteiger partial charge is 0.354 e. The summed E-state index contributed by atoms with van der Waals surface area (Å²) >= 11 is 0. The molecule has 3 unspecified atom stereocenters. The summed E-state index contributed by atoms with van der Waals surface area (Å²) in [7, 11) is 6.07. The highest BCUT2D eigenvalue weighted by Crippen LogP contribution is 2.28. The predicted octanol–water partition coefficient (Wildman–Crippen LogP) is 2.17. The van der Waals surface area contributed by atoms with Crippen molar-refractivity contribution in [1.82, 2.24) is 15.5 Å². The summed E-state index contributed by atoms with van der Waals surface area (Å²) in [5.41, 5.74) is 2.62. The second-order valence-corrected chi connectivity index (χ2v) is 6.31. The maximum Gasteiger partial charge on any atom is 0.191 e. The Bertz CT molecular complexity index is 478. The Morgan fingerprint density at radius 2 is 1.95 bits per heavy atom. The first-order valence-electron chi connectivity index (χ1n) is 7.71. The minimum Gasteiger partial charge on any atom is -0.354 e. The van der Waals surface area contributed by atoms with E-state index < -0.39 is 0 Å². The van der Waals surface area contributed by atoms with Gasteiger partial charge in [0.05, 0.1) is 6.04 Å². The van der Waals surface area contributed by atoms with E-state index in [2.05, 4.69) is 72.7 Å². The maximum absolute atomic E-state index is 4.32.